The van der Waals surface area contributed by atoms with Gasteiger partial charge in [0.2, 0.25) is 11.8 Å². The Kier molecular flexibility index (Phi) is 2.31. The van der Waals surface area contributed by atoms with E-state index >= 15 is 0 Å². The number of piperidine rings is 1. The van der Waals surface area contributed by atoms with E-state index in [1.54, 1.807) is 0 Å². The van der Waals surface area contributed by atoms with Gasteiger partial charge in [0.25, 0.3) is 0 Å². The van der Waals surface area contributed by atoms with Crippen LogP contribution >= 0.6 is 0 Å². The van der Waals surface area contributed by atoms with Crippen molar-refractivity contribution in [2.75, 3.05) is 0 Å². The lowest BCUT2D eigenvalue weighted by Gasteiger charge is -2.07. The molecule has 14 heavy (non-hydrogen) atoms. The number of carbonyl (C=O) groups excluding carboxylic acids is 2. The molecule has 1 fully saturated rings. The van der Waals surface area contributed by atoms with Gasteiger partial charge >= 0.3 is 0 Å². The van der Waals surface area contributed by atoms with Crippen molar-refractivity contribution in [2.24, 2.45) is 0 Å². The van der Waals surface area contributed by atoms with E-state index < -0.39 is 0 Å². The second-order valence-electron chi connectivity index (χ2n) is 3.41. The summed E-state index contributed by atoms with van der Waals surface area (Å²) >= 11 is 0. The van der Waals surface area contributed by atoms with E-state index in [9.17, 15) is 9.59 Å². The zero-order chi connectivity index (χ0) is 9.97. The summed E-state index contributed by atoms with van der Waals surface area (Å²) < 4.78 is 0. The summed E-state index contributed by atoms with van der Waals surface area (Å²) in [5.74, 6) is -0.275. The van der Waals surface area contributed by atoms with E-state index in [0.717, 1.165) is 0 Å². The summed E-state index contributed by atoms with van der Waals surface area (Å²) in [6.07, 6.45) is 1.72. The largest absolute Gasteiger partial charge is 0.296 e. The molecule has 1 N–H and O–H groups in total. The van der Waals surface area contributed by atoms with Gasteiger partial charge in [-0.05, 0) is 23.6 Å². The van der Waals surface area contributed by atoms with Crippen molar-refractivity contribution < 1.29 is 9.59 Å². The van der Waals surface area contributed by atoms with Gasteiger partial charge in [-0.15, -0.1) is 0 Å². The highest BCUT2D eigenvalue weighted by molar-refractivity contribution is 5.97. The van der Waals surface area contributed by atoms with Crippen molar-refractivity contribution in [1.29, 1.82) is 0 Å². The third-order valence-corrected chi connectivity index (χ3v) is 2.20. The Labute approximate surface area is 82.1 Å². The Bertz CT molecular complexity index is 353. The zero-order valence-electron chi connectivity index (χ0n) is 7.75. The number of amides is 2. The van der Waals surface area contributed by atoms with Crippen molar-refractivity contribution >= 4 is 11.8 Å². The van der Waals surface area contributed by atoms with Crippen molar-refractivity contribution in [2.45, 2.75) is 19.3 Å². The van der Waals surface area contributed by atoms with Crippen LogP contribution in [0.3, 0.4) is 0 Å². The lowest BCUT2D eigenvalue weighted by atomic mass is 10.1. The van der Waals surface area contributed by atoms with Crippen molar-refractivity contribution in [3.8, 4) is 11.1 Å². The summed E-state index contributed by atoms with van der Waals surface area (Å²) in [5.41, 5.74) is 2.85. The van der Waals surface area contributed by atoms with Crippen molar-refractivity contribution in [3.05, 3.63) is 24.3 Å². The molecule has 0 spiro atoms. The van der Waals surface area contributed by atoms with Gasteiger partial charge in [0.15, 0.2) is 0 Å². The Morgan fingerprint density at radius 3 is 1.79 bits per heavy atom. The standard InChI is InChI=1S/C6H4.C5H7NO2/c1-2-5-4-6(5)3-1;7-4-2-1-3-5(8)6-4/h1-4H;1-3H2,(H,6,7,8). The maximum Gasteiger partial charge on any atom is 0.226 e. The molecule has 2 aliphatic carbocycles. The number of benzene rings is 1. The van der Waals surface area contributed by atoms with Crippen LogP contribution in [0.25, 0.3) is 11.1 Å². The number of carbonyl (C=O) groups is 2. The second kappa shape index (κ2) is 3.62. The highest BCUT2D eigenvalue weighted by Gasteiger charge is 2.12. The molecule has 0 radical (unpaired) electrons. The van der Waals surface area contributed by atoms with E-state index in [1.807, 2.05) is 0 Å². The van der Waals surface area contributed by atoms with Gasteiger partial charge in [0.1, 0.15) is 0 Å². The van der Waals surface area contributed by atoms with Gasteiger partial charge in [-0.1, -0.05) is 18.2 Å². The van der Waals surface area contributed by atoms with Crippen LogP contribution in [0, 0.1) is 0 Å². The van der Waals surface area contributed by atoms with Gasteiger partial charge < -0.3 is 0 Å². The quantitative estimate of drug-likeness (QED) is 0.638. The van der Waals surface area contributed by atoms with Crippen LogP contribution in [0.5, 0.6) is 0 Å². The molecule has 1 saturated heterocycles. The smallest absolute Gasteiger partial charge is 0.226 e. The van der Waals surface area contributed by atoms with Gasteiger partial charge in [-0.25, -0.2) is 0 Å². The van der Waals surface area contributed by atoms with Crippen LogP contribution in [0.1, 0.15) is 19.3 Å². The highest BCUT2D eigenvalue weighted by atomic mass is 16.2. The summed E-state index contributed by atoms with van der Waals surface area (Å²) in [6.45, 7) is 0. The predicted octanol–water partition coefficient (Wildman–Crippen LogP) is 1.48. The monoisotopic (exact) mass is 189 g/mol. The summed E-state index contributed by atoms with van der Waals surface area (Å²) in [6, 6.07) is 8.48. The fourth-order valence-electron chi connectivity index (χ4n) is 1.37. The highest BCUT2D eigenvalue weighted by Crippen LogP contribution is 2.32. The SMILES string of the molecule is O=C1CCCC(=O)N1.c1cc2cc-2c1. The maximum atomic E-state index is 10.3. The summed E-state index contributed by atoms with van der Waals surface area (Å²) in [5, 5.41) is 2.20. The number of imide groups is 1. The topological polar surface area (TPSA) is 46.2 Å². The zero-order valence-corrected chi connectivity index (χ0v) is 7.75. The molecule has 0 saturated carbocycles. The minimum absolute atomic E-state index is 0.138. The molecule has 0 aromatic heterocycles. The summed E-state index contributed by atoms with van der Waals surface area (Å²) in [7, 11) is 0. The number of hydrogen-bond donors (Lipinski definition) is 1. The van der Waals surface area contributed by atoms with E-state index in [1.165, 1.54) is 11.1 Å². The number of rotatable bonds is 0. The van der Waals surface area contributed by atoms with Crippen LogP contribution < -0.4 is 5.32 Å². The molecule has 3 heteroatoms. The molecule has 0 unspecified atom stereocenters. The molecular formula is C11H11NO2. The van der Waals surface area contributed by atoms with Crippen LogP contribution in [0.4, 0.5) is 0 Å². The van der Waals surface area contributed by atoms with Crippen LogP contribution in [0.2, 0.25) is 0 Å². The average Bonchev–Trinajstić information content (AvgIpc) is 2.74. The lowest BCUT2D eigenvalue weighted by Crippen LogP contribution is -2.33. The van der Waals surface area contributed by atoms with Crippen LogP contribution in [-0.2, 0) is 9.59 Å². The van der Waals surface area contributed by atoms with Gasteiger partial charge in [0.05, 0.1) is 0 Å². The molecule has 2 amide bonds. The number of hydrogen-bond acceptors (Lipinski definition) is 2. The first-order valence-electron chi connectivity index (χ1n) is 4.69. The maximum absolute atomic E-state index is 10.3. The molecule has 0 bridgehead atoms. The molecule has 3 rings (SSSR count). The third-order valence-electron chi connectivity index (χ3n) is 2.20. The molecule has 0 aromatic rings. The molecule has 1 aliphatic heterocycles. The first-order chi connectivity index (χ1) is 6.75. The molecule has 0 aromatic carbocycles. The van der Waals surface area contributed by atoms with E-state index in [0.29, 0.717) is 19.3 Å². The van der Waals surface area contributed by atoms with E-state index in [4.69, 9.17) is 0 Å². The van der Waals surface area contributed by atoms with Gasteiger partial charge in [-0.3, -0.25) is 14.9 Å². The first kappa shape index (κ1) is 8.94. The van der Waals surface area contributed by atoms with Crippen molar-refractivity contribution in [3.63, 3.8) is 0 Å². The normalized spacial score (nSPS) is 16.6. The van der Waals surface area contributed by atoms with Gasteiger partial charge in [0, 0.05) is 12.8 Å². The second-order valence-corrected chi connectivity index (χ2v) is 3.41. The molecular weight excluding hydrogens is 178 g/mol. The molecule has 3 nitrogen and oxygen atoms in total. The summed E-state index contributed by atoms with van der Waals surface area (Å²) in [4.78, 5) is 20.7. The Balaban J connectivity index is 0.000000110. The van der Waals surface area contributed by atoms with Gasteiger partial charge in [-0.2, -0.15) is 0 Å². The third kappa shape index (κ3) is 2.19. The first-order valence-corrected chi connectivity index (χ1v) is 4.69. The van der Waals surface area contributed by atoms with Crippen LogP contribution in [0.15, 0.2) is 24.3 Å². The molecule has 1 heterocycles. The molecule has 0 atom stereocenters. The number of nitrogens with one attached hydrogen (secondary N) is 1. The molecule has 3 aliphatic rings. The minimum atomic E-state index is -0.138. The fourth-order valence-corrected chi connectivity index (χ4v) is 1.37. The number of fused-ring (bicyclic) bond motifs is 1. The minimum Gasteiger partial charge on any atom is -0.296 e. The van der Waals surface area contributed by atoms with Crippen LogP contribution in [-0.4, -0.2) is 11.8 Å². The predicted molar refractivity (Wildman–Crippen MR) is 52.4 cm³/mol. The van der Waals surface area contributed by atoms with E-state index in [-0.39, 0.29) is 11.8 Å². The fraction of sp³-hybridized carbons (Fsp3) is 0.273. The Morgan fingerprint density at radius 1 is 1.00 bits per heavy atom. The Hall–Kier alpha value is -1.64. The molecule has 72 valence electrons. The average molecular weight is 189 g/mol. The van der Waals surface area contributed by atoms with E-state index in [2.05, 4.69) is 29.6 Å². The lowest BCUT2D eigenvalue weighted by molar-refractivity contribution is -0.132. The van der Waals surface area contributed by atoms with Crippen molar-refractivity contribution in [1.82, 2.24) is 5.32 Å². The Morgan fingerprint density at radius 2 is 1.57 bits per heavy atom.